The molecule has 3 nitrogen and oxygen atoms in total. The van der Waals surface area contributed by atoms with E-state index < -0.39 is 0 Å². The van der Waals surface area contributed by atoms with Crippen LogP contribution in [0.25, 0.3) is 0 Å². The Morgan fingerprint density at radius 2 is 2.12 bits per heavy atom. The molecule has 0 radical (unpaired) electrons. The molecule has 96 valence electrons. The molecule has 0 atom stereocenters. The molecule has 0 fully saturated rings. The van der Waals surface area contributed by atoms with Gasteiger partial charge in [-0.15, -0.1) is 0 Å². The van der Waals surface area contributed by atoms with E-state index in [1.54, 1.807) is 19.2 Å². The summed E-state index contributed by atoms with van der Waals surface area (Å²) in [5.41, 5.74) is 7.61. The Balaban J connectivity index is 2.57. The van der Waals surface area contributed by atoms with Crippen LogP contribution in [0.1, 0.15) is 17.5 Å². The summed E-state index contributed by atoms with van der Waals surface area (Å²) in [5, 5.41) is 0. The van der Waals surface area contributed by atoms with Gasteiger partial charge >= 0.3 is 0 Å². The first-order valence-electron chi connectivity index (χ1n) is 5.82. The van der Waals surface area contributed by atoms with Crippen molar-refractivity contribution in [1.82, 2.24) is 4.90 Å². The highest BCUT2D eigenvalue weighted by molar-refractivity contribution is 5.27. The maximum Gasteiger partial charge on any atom is 0.123 e. The fourth-order valence-corrected chi connectivity index (χ4v) is 1.79. The summed E-state index contributed by atoms with van der Waals surface area (Å²) in [6.45, 7) is 2.83. The first-order chi connectivity index (χ1) is 8.17. The summed E-state index contributed by atoms with van der Waals surface area (Å²) in [5.74, 6) is -0.206. The number of nitrogens with zero attached hydrogens (tertiary/aromatic N) is 1. The standard InChI is InChI=1S/C13H21FN2O/c1-16(6-3-7-17-2)10-12-8-13(14)5-4-11(12)9-15/h4-5,8H,3,6-7,9-10,15H2,1-2H3. The van der Waals surface area contributed by atoms with Gasteiger partial charge in [-0.05, 0) is 36.7 Å². The number of ether oxygens (including phenoxy) is 1. The normalized spacial score (nSPS) is 11.1. The Morgan fingerprint density at radius 1 is 1.35 bits per heavy atom. The van der Waals surface area contributed by atoms with Crippen molar-refractivity contribution in [3.8, 4) is 0 Å². The van der Waals surface area contributed by atoms with Gasteiger partial charge in [0.15, 0.2) is 0 Å². The fourth-order valence-electron chi connectivity index (χ4n) is 1.79. The minimum absolute atomic E-state index is 0.206. The van der Waals surface area contributed by atoms with E-state index in [-0.39, 0.29) is 5.82 Å². The molecule has 2 N–H and O–H groups in total. The van der Waals surface area contributed by atoms with Crippen LogP contribution in [0, 0.1) is 5.82 Å². The van der Waals surface area contributed by atoms with Crippen LogP contribution in [0.5, 0.6) is 0 Å². The van der Waals surface area contributed by atoms with E-state index in [9.17, 15) is 4.39 Å². The predicted molar refractivity (Wildman–Crippen MR) is 67.1 cm³/mol. The zero-order chi connectivity index (χ0) is 12.7. The Morgan fingerprint density at radius 3 is 2.76 bits per heavy atom. The summed E-state index contributed by atoms with van der Waals surface area (Å²) >= 11 is 0. The second-order valence-corrected chi connectivity index (χ2v) is 4.20. The Bertz CT molecular complexity index is 344. The molecule has 0 bridgehead atoms. The molecule has 0 saturated carbocycles. The van der Waals surface area contributed by atoms with Gasteiger partial charge in [-0.1, -0.05) is 6.07 Å². The average molecular weight is 240 g/mol. The highest BCUT2D eigenvalue weighted by Crippen LogP contribution is 2.13. The highest BCUT2D eigenvalue weighted by atomic mass is 19.1. The minimum atomic E-state index is -0.206. The first kappa shape index (κ1) is 14.1. The van der Waals surface area contributed by atoms with Gasteiger partial charge in [0, 0.05) is 33.4 Å². The maximum absolute atomic E-state index is 13.2. The number of rotatable bonds is 7. The SMILES string of the molecule is COCCCN(C)Cc1cc(F)ccc1CN. The van der Waals surface area contributed by atoms with Crippen molar-refractivity contribution in [3.05, 3.63) is 35.1 Å². The van der Waals surface area contributed by atoms with E-state index in [1.165, 1.54) is 6.07 Å². The van der Waals surface area contributed by atoms with Crippen LogP contribution in [0.15, 0.2) is 18.2 Å². The number of halogens is 1. The molecular formula is C13H21FN2O. The molecule has 1 rings (SSSR count). The van der Waals surface area contributed by atoms with E-state index in [1.807, 2.05) is 7.05 Å². The van der Waals surface area contributed by atoms with Crippen LogP contribution in [0.2, 0.25) is 0 Å². The zero-order valence-corrected chi connectivity index (χ0v) is 10.6. The van der Waals surface area contributed by atoms with Crippen molar-refractivity contribution in [3.63, 3.8) is 0 Å². The van der Waals surface area contributed by atoms with Crippen molar-refractivity contribution in [2.24, 2.45) is 5.73 Å². The molecule has 0 amide bonds. The summed E-state index contributed by atoms with van der Waals surface area (Å²) in [7, 11) is 3.71. The van der Waals surface area contributed by atoms with Gasteiger partial charge in [0.25, 0.3) is 0 Å². The number of benzene rings is 1. The number of hydrogen-bond donors (Lipinski definition) is 1. The monoisotopic (exact) mass is 240 g/mol. The summed E-state index contributed by atoms with van der Waals surface area (Å²) in [6, 6.07) is 4.78. The van der Waals surface area contributed by atoms with Crippen molar-refractivity contribution < 1.29 is 9.13 Å². The molecule has 0 spiro atoms. The molecular weight excluding hydrogens is 219 g/mol. The third-order valence-corrected chi connectivity index (χ3v) is 2.72. The van der Waals surface area contributed by atoms with E-state index in [2.05, 4.69) is 4.90 Å². The maximum atomic E-state index is 13.2. The van der Waals surface area contributed by atoms with Crippen LogP contribution < -0.4 is 5.73 Å². The van der Waals surface area contributed by atoms with E-state index in [0.717, 1.165) is 30.7 Å². The molecule has 0 aliphatic carbocycles. The topological polar surface area (TPSA) is 38.5 Å². The van der Waals surface area contributed by atoms with Crippen molar-refractivity contribution in [2.75, 3.05) is 27.3 Å². The largest absolute Gasteiger partial charge is 0.385 e. The Kier molecular flexibility index (Phi) is 6.11. The highest BCUT2D eigenvalue weighted by Gasteiger charge is 2.06. The summed E-state index contributed by atoms with van der Waals surface area (Å²) in [6.07, 6.45) is 0.972. The lowest BCUT2D eigenvalue weighted by atomic mass is 10.1. The smallest absolute Gasteiger partial charge is 0.123 e. The summed E-state index contributed by atoms with van der Waals surface area (Å²) in [4.78, 5) is 2.15. The third kappa shape index (κ3) is 4.81. The van der Waals surface area contributed by atoms with E-state index in [4.69, 9.17) is 10.5 Å². The van der Waals surface area contributed by atoms with Crippen molar-refractivity contribution >= 4 is 0 Å². The van der Waals surface area contributed by atoms with Gasteiger partial charge in [-0.25, -0.2) is 4.39 Å². The van der Waals surface area contributed by atoms with Crippen LogP contribution in [0.4, 0.5) is 4.39 Å². The average Bonchev–Trinajstić information content (AvgIpc) is 2.29. The minimum Gasteiger partial charge on any atom is -0.385 e. The van der Waals surface area contributed by atoms with E-state index >= 15 is 0 Å². The molecule has 1 aromatic rings. The molecule has 0 heterocycles. The summed E-state index contributed by atoms with van der Waals surface area (Å²) < 4.78 is 18.2. The molecule has 0 aromatic heterocycles. The molecule has 0 unspecified atom stereocenters. The second-order valence-electron chi connectivity index (χ2n) is 4.20. The Hall–Kier alpha value is -0.970. The van der Waals surface area contributed by atoms with Crippen molar-refractivity contribution in [1.29, 1.82) is 0 Å². The number of hydrogen-bond acceptors (Lipinski definition) is 3. The third-order valence-electron chi connectivity index (χ3n) is 2.72. The van der Waals surface area contributed by atoms with Crippen molar-refractivity contribution in [2.45, 2.75) is 19.5 Å². The zero-order valence-electron chi connectivity index (χ0n) is 10.6. The van der Waals surface area contributed by atoms with Crippen LogP contribution >= 0.6 is 0 Å². The molecule has 1 aromatic carbocycles. The lowest BCUT2D eigenvalue weighted by Crippen LogP contribution is -2.21. The van der Waals surface area contributed by atoms with Gasteiger partial charge in [-0.3, -0.25) is 0 Å². The molecule has 0 saturated heterocycles. The van der Waals surface area contributed by atoms with Gasteiger partial charge in [0.05, 0.1) is 0 Å². The number of nitrogens with two attached hydrogens (primary N) is 1. The van der Waals surface area contributed by atoms with Crippen LogP contribution in [0.3, 0.4) is 0 Å². The second kappa shape index (κ2) is 7.37. The Labute approximate surface area is 102 Å². The van der Waals surface area contributed by atoms with E-state index in [0.29, 0.717) is 13.1 Å². The van der Waals surface area contributed by atoms with Gasteiger partial charge in [-0.2, -0.15) is 0 Å². The van der Waals surface area contributed by atoms with Crippen LogP contribution in [-0.2, 0) is 17.8 Å². The quantitative estimate of drug-likeness (QED) is 0.738. The lowest BCUT2D eigenvalue weighted by molar-refractivity contribution is 0.178. The molecule has 0 aliphatic rings. The van der Waals surface area contributed by atoms with Gasteiger partial charge < -0.3 is 15.4 Å². The van der Waals surface area contributed by atoms with Gasteiger partial charge in [0.2, 0.25) is 0 Å². The van der Waals surface area contributed by atoms with Gasteiger partial charge in [0.1, 0.15) is 5.82 Å². The molecule has 4 heteroatoms. The first-order valence-corrected chi connectivity index (χ1v) is 5.82. The van der Waals surface area contributed by atoms with Crippen LogP contribution in [-0.4, -0.2) is 32.2 Å². The molecule has 17 heavy (non-hydrogen) atoms. The fraction of sp³-hybridized carbons (Fsp3) is 0.538. The predicted octanol–water partition coefficient (Wildman–Crippen LogP) is 1.75. The lowest BCUT2D eigenvalue weighted by Gasteiger charge is -2.18. The molecule has 0 aliphatic heterocycles. The number of methoxy groups -OCH3 is 1.